The molecule has 4 N–H and O–H groups in total. The standard InChI is InChI=1S/C12H15Cl3N4O/c1-12(2,3)19-11(20)18-10(16)17-7-5-4-6(13)8(14)9(7)15/h4-5H,1-3H3,(H4,16,17,18,19,20). The van der Waals surface area contributed by atoms with Crippen molar-refractivity contribution < 1.29 is 4.79 Å². The summed E-state index contributed by atoms with van der Waals surface area (Å²) in [6.45, 7) is 5.50. The van der Waals surface area contributed by atoms with E-state index in [1.54, 1.807) is 12.1 Å². The van der Waals surface area contributed by atoms with E-state index in [0.29, 0.717) is 10.7 Å². The molecule has 110 valence electrons. The Balaban J connectivity index is 2.68. The molecule has 2 amide bonds. The van der Waals surface area contributed by atoms with Crippen LogP contribution in [0.25, 0.3) is 0 Å². The van der Waals surface area contributed by atoms with Gasteiger partial charge in [-0.15, -0.1) is 0 Å². The first-order valence-electron chi connectivity index (χ1n) is 5.68. The summed E-state index contributed by atoms with van der Waals surface area (Å²) in [7, 11) is 0. The van der Waals surface area contributed by atoms with Crippen LogP contribution in [0.4, 0.5) is 10.5 Å². The van der Waals surface area contributed by atoms with Crippen molar-refractivity contribution in [1.82, 2.24) is 10.6 Å². The summed E-state index contributed by atoms with van der Waals surface area (Å²) in [4.78, 5) is 11.6. The van der Waals surface area contributed by atoms with Crippen LogP contribution in [0.15, 0.2) is 12.1 Å². The van der Waals surface area contributed by atoms with Crippen LogP contribution in [-0.4, -0.2) is 17.5 Å². The van der Waals surface area contributed by atoms with Crippen LogP contribution >= 0.6 is 34.8 Å². The molecule has 0 radical (unpaired) electrons. The molecule has 0 aromatic heterocycles. The van der Waals surface area contributed by atoms with Crippen molar-refractivity contribution in [2.24, 2.45) is 0 Å². The second-order valence-electron chi connectivity index (χ2n) is 5.05. The lowest BCUT2D eigenvalue weighted by Crippen LogP contribution is -2.49. The molecule has 1 aromatic rings. The van der Waals surface area contributed by atoms with E-state index in [2.05, 4.69) is 16.0 Å². The highest BCUT2D eigenvalue weighted by Gasteiger charge is 2.15. The largest absolute Gasteiger partial charge is 0.333 e. The zero-order chi connectivity index (χ0) is 15.5. The number of carbonyl (C=O) groups excluding carboxylic acids is 1. The van der Waals surface area contributed by atoms with E-state index in [1.807, 2.05) is 20.8 Å². The first-order chi connectivity index (χ1) is 9.10. The Morgan fingerprint density at radius 1 is 1.15 bits per heavy atom. The summed E-state index contributed by atoms with van der Waals surface area (Å²) in [5, 5.41) is 16.0. The predicted molar refractivity (Wildman–Crippen MR) is 84.2 cm³/mol. The normalized spacial score (nSPS) is 10.9. The van der Waals surface area contributed by atoms with Crippen molar-refractivity contribution in [3.05, 3.63) is 27.2 Å². The van der Waals surface area contributed by atoms with Crippen LogP contribution in [0.3, 0.4) is 0 Å². The van der Waals surface area contributed by atoms with E-state index < -0.39 is 11.6 Å². The molecule has 0 spiro atoms. The molecule has 0 heterocycles. The van der Waals surface area contributed by atoms with Gasteiger partial charge in [0.1, 0.15) is 0 Å². The number of hydrogen-bond acceptors (Lipinski definition) is 2. The van der Waals surface area contributed by atoms with Gasteiger partial charge < -0.3 is 10.6 Å². The van der Waals surface area contributed by atoms with Crippen molar-refractivity contribution in [2.45, 2.75) is 26.3 Å². The van der Waals surface area contributed by atoms with Gasteiger partial charge in [0.2, 0.25) is 5.96 Å². The average Bonchev–Trinajstić information content (AvgIpc) is 2.27. The molecule has 0 saturated carbocycles. The number of benzene rings is 1. The van der Waals surface area contributed by atoms with Crippen LogP contribution in [0.2, 0.25) is 15.1 Å². The van der Waals surface area contributed by atoms with Gasteiger partial charge in [0, 0.05) is 5.54 Å². The molecule has 0 saturated heterocycles. The molecular formula is C12H15Cl3N4O. The molecule has 0 bridgehead atoms. The molecule has 0 fully saturated rings. The summed E-state index contributed by atoms with van der Waals surface area (Å²) in [6.07, 6.45) is 0. The van der Waals surface area contributed by atoms with Crippen LogP contribution in [0.1, 0.15) is 20.8 Å². The lowest BCUT2D eigenvalue weighted by Gasteiger charge is -2.21. The van der Waals surface area contributed by atoms with E-state index in [9.17, 15) is 4.79 Å². The van der Waals surface area contributed by atoms with Crippen molar-refractivity contribution in [3.8, 4) is 0 Å². The Kier molecular flexibility index (Phi) is 5.50. The number of halogens is 3. The number of rotatable bonds is 1. The Morgan fingerprint density at radius 2 is 1.75 bits per heavy atom. The fourth-order valence-electron chi connectivity index (χ4n) is 1.27. The Labute approximate surface area is 132 Å². The predicted octanol–water partition coefficient (Wildman–Crippen LogP) is 4.09. The molecular weight excluding hydrogens is 323 g/mol. The zero-order valence-corrected chi connectivity index (χ0v) is 13.5. The molecule has 1 rings (SSSR count). The summed E-state index contributed by atoms with van der Waals surface area (Å²) in [6, 6.07) is 2.61. The van der Waals surface area contributed by atoms with Gasteiger partial charge in [0.05, 0.1) is 20.8 Å². The number of amides is 2. The number of hydrogen-bond donors (Lipinski definition) is 4. The number of carbonyl (C=O) groups is 1. The number of guanidine groups is 1. The third kappa shape index (κ3) is 5.07. The monoisotopic (exact) mass is 336 g/mol. The van der Waals surface area contributed by atoms with Gasteiger partial charge in [-0.2, -0.15) is 0 Å². The van der Waals surface area contributed by atoms with E-state index in [-0.39, 0.29) is 16.0 Å². The van der Waals surface area contributed by atoms with Gasteiger partial charge in [-0.3, -0.25) is 10.7 Å². The molecule has 0 unspecified atom stereocenters. The maximum Gasteiger partial charge on any atom is 0.321 e. The number of nitrogens with one attached hydrogen (secondary N) is 4. The van der Waals surface area contributed by atoms with Gasteiger partial charge in [-0.1, -0.05) is 34.8 Å². The minimum atomic E-state index is -0.494. The van der Waals surface area contributed by atoms with Crippen LogP contribution in [0, 0.1) is 5.41 Å². The van der Waals surface area contributed by atoms with Crippen LogP contribution in [-0.2, 0) is 0 Å². The van der Waals surface area contributed by atoms with E-state index >= 15 is 0 Å². The van der Waals surface area contributed by atoms with Crippen molar-refractivity contribution in [2.75, 3.05) is 5.32 Å². The zero-order valence-electron chi connectivity index (χ0n) is 11.2. The van der Waals surface area contributed by atoms with E-state index in [4.69, 9.17) is 40.2 Å². The van der Waals surface area contributed by atoms with Gasteiger partial charge >= 0.3 is 6.03 Å². The Bertz CT molecular complexity index is 540. The smallest absolute Gasteiger partial charge is 0.321 e. The minimum Gasteiger partial charge on any atom is -0.333 e. The molecule has 0 aliphatic heterocycles. The number of anilines is 1. The summed E-state index contributed by atoms with van der Waals surface area (Å²) < 4.78 is 0. The average molecular weight is 338 g/mol. The quantitative estimate of drug-likeness (QED) is 0.354. The molecule has 0 aliphatic rings. The lowest BCUT2D eigenvalue weighted by molar-refractivity contribution is 0.236. The van der Waals surface area contributed by atoms with Crippen molar-refractivity contribution >= 4 is 52.5 Å². The van der Waals surface area contributed by atoms with Gasteiger partial charge in [-0.05, 0) is 32.9 Å². The molecule has 20 heavy (non-hydrogen) atoms. The Morgan fingerprint density at radius 3 is 2.30 bits per heavy atom. The molecule has 5 nitrogen and oxygen atoms in total. The highest BCUT2D eigenvalue weighted by molar-refractivity contribution is 6.49. The second kappa shape index (κ2) is 6.52. The van der Waals surface area contributed by atoms with Crippen molar-refractivity contribution in [3.63, 3.8) is 0 Å². The third-order valence-corrected chi connectivity index (χ3v) is 3.32. The Hall–Kier alpha value is -1.17. The SMILES string of the molecule is CC(C)(C)NC(=O)NC(=N)Nc1ccc(Cl)c(Cl)c1Cl. The van der Waals surface area contributed by atoms with Gasteiger partial charge in [0.15, 0.2) is 0 Å². The molecule has 8 heteroatoms. The second-order valence-corrected chi connectivity index (χ2v) is 6.22. The fraction of sp³-hybridized carbons (Fsp3) is 0.333. The van der Waals surface area contributed by atoms with Crippen molar-refractivity contribution in [1.29, 1.82) is 5.41 Å². The van der Waals surface area contributed by atoms with Crippen LogP contribution in [0.5, 0.6) is 0 Å². The van der Waals surface area contributed by atoms with E-state index in [1.165, 1.54) is 0 Å². The summed E-state index contributed by atoms with van der Waals surface area (Å²) >= 11 is 17.7. The molecule has 1 aromatic carbocycles. The van der Waals surface area contributed by atoms with E-state index in [0.717, 1.165) is 0 Å². The van der Waals surface area contributed by atoms with Gasteiger partial charge in [-0.25, -0.2) is 4.79 Å². The molecule has 0 aliphatic carbocycles. The maximum atomic E-state index is 11.6. The first kappa shape index (κ1) is 16.9. The minimum absolute atomic E-state index is 0.182. The first-order valence-corrected chi connectivity index (χ1v) is 6.82. The topological polar surface area (TPSA) is 77.0 Å². The third-order valence-electron chi connectivity index (χ3n) is 2.02. The molecule has 0 atom stereocenters. The lowest BCUT2D eigenvalue weighted by atomic mass is 10.1. The number of urea groups is 1. The maximum absolute atomic E-state index is 11.6. The highest BCUT2D eigenvalue weighted by atomic mass is 35.5. The fourth-order valence-corrected chi connectivity index (χ4v) is 1.86. The van der Waals surface area contributed by atoms with Gasteiger partial charge in [0.25, 0.3) is 0 Å². The summed E-state index contributed by atoms with van der Waals surface area (Å²) in [5.74, 6) is -0.230. The van der Waals surface area contributed by atoms with Crippen LogP contribution < -0.4 is 16.0 Å². The highest BCUT2D eigenvalue weighted by Crippen LogP contribution is 2.35. The summed E-state index contributed by atoms with van der Waals surface area (Å²) in [5.41, 5.74) is -0.0203.